The fourth-order valence-electron chi connectivity index (χ4n) is 3.41. The molecule has 0 radical (unpaired) electrons. The largest absolute Gasteiger partial charge is 0.486 e. The van der Waals surface area contributed by atoms with Crippen molar-refractivity contribution in [1.82, 2.24) is 19.3 Å². The topological polar surface area (TPSA) is 100 Å². The van der Waals surface area contributed by atoms with E-state index in [4.69, 9.17) is 9.47 Å². The number of nitrogens with one attached hydrogen (secondary N) is 1. The highest BCUT2D eigenvalue weighted by Crippen LogP contribution is 2.32. The Kier molecular flexibility index (Phi) is 4.62. The minimum Gasteiger partial charge on any atom is -0.486 e. The van der Waals surface area contributed by atoms with Crippen LogP contribution in [0, 0.1) is 6.92 Å². The Morgan fingerprint density at radius 3 is 2.68 bits per heavy atom. The van der Waals surface area contributed by atoms with E-state index in [1.54, 1.807) is 22.9 Å². The minimum atomic E-state index is -0.356. The summed E-state index contributed by atoms with van der Waals surface area (Å²) < 4.78 is 13.9. The van der Waals surface area contributed by atoms with Gasteiger partial charge in [-0.2, -0.15) is 5.10 Å². The zero-order valence-corrected chi connectivity index (χ0v) is 16.7. The van der Waals surface area contributed by atoms with Crippen LogP contribution in [0.25, 0.3) is 16.7 Å². The van der Waals surface area contributed by atoms with Crippen molar-refractivity contribution >= 4 is 22.6 Å². The molecule has 0 saturated heterocycles. The summed E-state index contributed by atoms with van der Waals surface area (Å²) in [5.41, 5.74) is 2.60. The molecule has 2 aromatic carbocycles. The number of carbonyl (C=O) groups is 1. The van der Waals surface area contributed by atoms with Crippen molar-refractivity contribution in [2.24, 2.45) is 0 Å². The van der Waals surface area contributed by atoms with Crippen LogP contribution < -0.4 is 20.3 Å². The number of rotatable bonds is 4. The number of fused-ring (bicyclic) bond motifs is 2. The molecule has 156 valence electrons. The fourth-order valence-corrected chi connectivity index (χ4v) is 3.41. The molecule has 0 aliphatic carbocycles. The molecule has 9 heteroatoms. The number of nitrogens with zero attached hydrogens (tertiary/aromatic N) is 4. The molecule has 2 aromatic heterocycles. The summed E-state index contributed by atoms with van der Waals surface area (Å²) in [6.45, 7) is 2.78. The number of aryl methyl sites for hydroxylation is 1. The Morgan fingerprint density at radius 1 is 1.10 bits per heavy atom. The first-order chi connectivity index (χ1) is 15.1. The van der Waals surface area contributed by atoms with E-state index < -0.39 is 0 Å². The molecule has 1 aliphatic heterocycles. The van der Waals surface area contributed by atoms with Crippen molar-refractivity contribution in [2.45, 2.75) is 13.5 Å². The molecule has 3 heterocycles. The molecule has 0 unspecified atom stereocenters. The van der Waals surface area contributed by atoms with Gasteiger partial charge in [-0.15, -0.1) is 0 Å². The highest BCUT2D eigenvalue weighted by Gasteiger charge is 2.15. The number of aromatic nitrogens is 4. The maximum Gasteiger partial charge on any atom is 0.264 e. The quantitative estimate of drug-likeness (QED) is 0.547. The van der Waals surface area contributed by atoms with Crippen LogP contribution in [-0.2, 0) is 11.3 Å². The van der Waals surface area contributed by atoms with Crippen molar-refractivity contribution in [3.05, 3.63) is 70.9 Å². The lowest BCUT2D eigenvalue weighted by Gasteiger charge is -2.19. The Balaban J connectivity index is 1.37. The number of amides is 1. The van der Waals surface area contributed by atoms with Gasteiger partial charge in [0, 0.05) is 11.8 Å². The number of benzene rings is 2. The van der Waals surface area contributed by atoms with E-state index in [2.05, 4.69) is 15.4 Å². The fraction of sp³-hybridized carbons (Fsp3) is 0.182. The molecule has 1 N–H and O–H groups in total. The number of hydrogen-bond donors (Lipinski definition) is 1. The summed E-state index contributed by atoms with van der Waals surface area (Å²) >= 11 is 0. The number of hydrogen-bond acceptors (Lipinski definition) is 6. The van der Waals surface area contributed by atoms with Crippen LogP contribution in [0.4, 0.5) is 5.69 Å². The Bertz CT molecular complexity index is 1340. The summed E-state index contributed by atoms with van der Waals surface area (Å²) in [5, 5.41) is 7.41. The predicted molar refractivity (Wildman–Crippen MR) is 114 cm³/mol. The lowest BCUT2D eigenvalue weighted by atomic mass is 10.2. The molecular weight excluding hydrogens is 398 g/mol. The first-order valence-corrected chi connectivity index (χ1v) is 9.78. The maximum atomic E-state index is 12.9. The van der Waals surface area contributed by atoms with Crippen LogP contribution in [0.15, 0.2) is 59.8 Å². The zero-order valence-electron chi connectivity index (χ0n) is 16.7. The van der Waals surface area contributed by atoms with E-state index in [-0.39, 0.29) is 18.0 Å². The normalized spacial score (nSPS) is 12.7. The van der Waals surface area contributed by atoms with Crippen molar-refractivity contribution in [2.75, 3.05) is 18.5 Å². The zero-order chi connectivity index (χ0) is 21.4. The molecule has 0 atom stereocenters. The molecular formula is C22H19N5O4. The highest BCUT2D eigenvalue weighted by molar-refractivity contribution is 5.91. The number of carbonyl (C=O) groups excluding carboxylic acids is 1. The van der Waals surface area contributed by atoms with Crippen LogP contribution >= 0.6 is 0 Å². The van der Waals surface area contributed by atoms with E-state index in [9.17, 15) is 9.59 Å². The third-order valence-corrected chi connectivity index (χ3v) is 4.97. The molecule has 0 fully saturated rings. The van der Waals surface area contributed by atoms with Crippen LogP contribution in [0.2, 0.25) is 0 Å². The van der Waals surface area contributed by atoms with Gasteiger partial charge in [0.1, 0.15) is 31.5 Å². The SMILES string of the molecule is Cc1ccc(-n2ncc3c(=O)n(CC(=O)Nc4ccc5c(c4)OCCO5)cnc32)cc1. The van der Waals surface area contributed by atoms with Gasteiger partial charge in [-0.3, -0.25) is 14.2 Å². The van der Waals surface area contributed by atoms with Gasteiger partial charge in [0.2, 0.25) is 5.91 Å². The molecule has 1 aliphatic rings. The second-order valence-corrected chi connectivity index (χ2v) is 7.21. The van der Waals surface area contributed by atoms with Crippen molar-refractivity contribution < 1.29 is 14.3 Å². The van der Waals surface area contributed by atoms with Crippen LogP contribution in [0.1, 0.15) is 5.56 Å². The predicted octanol–water partition coefficient (Wildman–Crippen LogP) is 2.30. The lowest BCUT2D eigenvalue weighted by Crippen LogP contribution is -2.28. The van der Waals surface area contributed by atoms with Crippen molar-refractivity contribution in [3.8, 4) is 17.2 Å². The van der Waals surface area contributed by atoms with Gasteiger partial charge >= 0.3 is 0 Å². The van der Waals surface area contributed by atoms with Gasteiger partial charge in [0.05, 0.1) is 11.9 Å². The summed E-state index contributed by atoms with van der Waals surface area (Å²) in [6.07, 6.45) is 2.83. The Hall–Kier alpha value is -4.14. The van der Waals surface area contributed by atoms with Gasteiger partial charge in [-0.1, -0.05) is 17.7 Å². The molecule has 5 rings (SSSR count). The lowest BCUT2D eigenvalue weighted by molar-refractivity contribution is -0.116. The van der Waals surface area contributed by atoms with E-state index in [0.717, 1.165) is 11.3 Å². The average molecular weight is 417 g/mol. The molecule has 1 amide bonds. The van der Waals surface area contributed by atoms with Gasteiger partial charge in [-0.05, 0) is 31.2 Å². The van der Waals surface area contributed by atoms with Crippen molar-refractivity contribution in [3.63, 3.8) is 0 Å². The van der Waals surface area contributed by atoms with E-state index in [0.29, 0.717) is 41.4 Å². The molecule has 0 spiro atoms. The monoisotopic (exact) mass is 417 g/mol. The highest BCUT2D eigenvalue weighted by atomic mass is 16.6. The first-order valence-electron chi connectivity index (χ1n) is 9.78. The summed E-state index contributed by atoms with van der Waals surface area (Å²) in [4.78, 5) is 29.7. The molecule has 0 saturated carbocycles. The van der Waals surface area contributed by atoms with Gasteiger partial charge in [0.25, 0.3) is 5.56 Å². The molecule has 0 bridgehead atoms. The summed E-state index contributed by atoms with van der Waals surface area (Å²) in [5.74, 6) is 0.861. The molecule has 31 heavy (non-hydrogen) atoms. The first kappa shape index (κ1) is 18.9. The van der Waals surface area contributed by atoms with Gasteiger partial charge < -0.3 is 14.8 Å². The average Bonchev–Trinajstić information content (AvgIpc) is 3.21. The van der Waals surface area contributed by atoms with E-state index in [1.807, 2.05) is 31.2 Å². The maximum absolute atomic E-state index is 12.9. The Morgan fingerprint density at radius 2 is 1.87 bits per heavy atom. The van der Waals surface area contributed by atoms with E-state index >= 15 is 0 Å². The van der Waals surface area contributed by atoms with E-state index in [1.165, 1.54) is 17.1 Å². The summed E-state index contributed by atoms with van der Waals surface area (Å²) in [6, 6.07) is 12.9. The van der Waals surface area contributed by atoms with Crippen molar-refractivity contribution in [1.29, 1.82) is 0 Å². The summed E-state index contributed by atoms with van der Waals surface area (Å²) in [7, 11) is 0. The number of ether oxygens (including phenoxy) is 2. The molecule has 9 nitrogen and oxygen atoms in total. The van der Waals surface area contributed by atoms with Gasteiger partial charge in [0.15, 0.2) is 17.1 Å². The third-order valence-electron chi connectivity index (χ3n) is 4.97. The standard InChI is InChI=1S/C22H19N5O4/c1-14-2-5-16(6-3-14)27-21-17(11-24-27)22(29)26(13-23-21)12-20(28)25-15-4-7-18-19(10-15)31-9-8-30-18/h2-7,10-11,13H,8-9,12H2,1H3,(H,25,28). The van der Waals surface area contributed by atoms with Crippen LogP contribution in [0.5, 0.6) is 11.5 Å². The third kappa shape index (κ3) is 3.61. The van der Waals surface area contributed by atoms with Gasteiger partial charge in [-0.25, -0.2) is 9.67 Å². The minimum absolute atomic E-state index is 0.175. The van der Waals surface area contributed by atoms with Crippen LogP contribution in [0.3, 0.4) is 0 Å². The second-order valence-electron chi connectivity index (χ2n) is 7.21. The second kappa shape index (κ2) is 7.60. The molecule has 4 aromatic rings. The van der Waals surface area contributed by atoms with Crippen LogP contribution in [-0.4, -0.2) is 38.5 Å². The Labute approximate surface area is 176 Å². The smallest absolute Gasteiger partial charge is 0.264 e. The number of anilines is 1.